The Hall–Kier alpha value is -2.43. The molecular weight excluding hydrogens is 316 g/mol. The van der Waals surface area contributed by atoms with Crippen LogP contribution in [0.2, 0.25) is 0 Å². The van der Waals surface area contributed by atoms with Gasteiger partial charge >= 0.3 is 6.16 Å². The van der Waals surface area contributed by atoms with Gasteiger partial charge in [-0.1, -0.05) is 24.6 Å². The number of fused-ring (bicyclic) bond motifs is 2. The third-order valence-electron chi connectivity index (χ3n) is 4.84. The lowest BCUT2D eigenvalue weighted by atomic mass is 9.92. The molecule has 2 aromatic rings. The lowest BCUT2D eigenvalue weighted by molar-refractivity contribution is 0.137. The molecule has 1 fully saturated rings. The van der Waals surface area contributed by atoms with Crippen LogP contribution >= 0.6 is 0 Å². The van der Waals surface area contributed by atoms with Crippen molar-refractivity contribution in [1.29, 1.82) is 0 Å². The predicted octanol–water partition coefficient (Wildman–Crippen LogP) is 5.37. The van der Waals surface area contributed by atoms with E-state index in [1.54, 1.807) is 0 Å². The molecule has 132 valence electrons. The Morgan fingerprint density at radius 2 is 1.56 bits per heavy atom. The molecule has 2 aliphatic rings. The van der Waals surface area contributed by atoms with E-state index in [4.69, 9.17) is 25.0 Å². The van der Waals surface area contributed by atoms with Crippen LogP contribution in [0.5, 0.6) is 0 Å². The number of aliphatic imine (C=N–C) groups is 1. The van der Waals surface area contributed by atoms with E-state index in [0.29, 0.717) is 0 Å². The van der Waals surface area contributed by atoms with E-state index < -0.39 is 6.16 Å². The van der Waals surface area contributed by atoms with Crippen molar-refractivity contribution < 1.29 is 15.0 Å². The summed E-state index contributed by atoms with van der Waals surface area (Å²) < 4.78 is 0. The lowest BCUT2D eigenvalue weighted by Crippen LogP contribution is -2.08. The molecular formula is C20H24N2O3. The topological polar surface area (TPSA) is 82.8 Å². The number of aryl methyl sites for hydroxylation is 1. The Labute approximate surface area is 147 Å². The molecule has 5 heteroatoms. The van der Waals surface area contributed by atoms with Crippen LogP contribution < -0.4 is 0 Å². The fourth-order valence-corrected chi connectivity index (χ4v) is 3.70. The molecule has 1 aromatic carbocycles. The molecule has 5 nitrogen and oxygen atoms in total. The van der Waals surface area contributed by atoms with Crippen molar-refractivity contribution in [3.8, 4) is 0 Å². The van der Waals surface area contributed by atoms with Crippen molar-refractivity contribution in [2.45, 2.75) is 57.8 Å². The van der Waals surface area contributed by atoms with E-state index in [0.717, 1.165) is 18.4 Å². The minimum absolute atomic E-state index is 1.12. The second-order valence-electron chi connectivity index (χ2n) is 6.63. The van der Waals surface area contributed by atoms with Crippen LogP contribution in [0.25, 0.3) is 10.9 Å². The minimum atomic E-state index is -1.83. The number of nitrogens with zero attached hydrogens (tertiary/aromatic N) is 2. The highest BCUT2D eigenvalue weighted by Crippen LogP contribution is 2.36. The molecule has 0 radical (unpaired) electrons. The summed E-state index contributed by atoms with van der Waals surface area (Å²) in [5, 5.41) is 15.2. The van der Waals surface area contributed by atoms with E-state index in [2.05, 4.69) is 24.3 Å². The summed E-state index contributed by atoms with van der Waals surface area (Å²) >= 11 is 0. The van der Waals surface area contributed by atoms with E-state index in [-0.39, 0.29) is 0 Å². The van der Waals surface area contributed by atoms with Gasteiger partial charge in [0.25, 0.3) is 0 Å². The molecule has 1 heterocycles. The third kappa shape index (κ3) is 4.35. The molecule has 0 amide bonds. The Morgan fingerprint density at radius 3 is 2.32 bits per heavy atom. The number of carboxylic acid groups (broad SMARTS) is 2. The molecule has 1 saturated carbocycles. The van der Waals surface area contributed by atoms with E-state index >= 15 is 0 Å². The third-order valence-corrected chi connectivity index (χ3v) is 4.84. The first kappa shape index (κ1) is 17.4. The molecule has 0 unspecified atom stereocenters. The highest BCUT2D eigenvalue weighted by molar-refractivity contribution is 5.97. The van der Waals surface area contributed by atoms with E-state index in [1.807, 2.05) is 0 Å². The molecule has 1 aromatic heterocycles. The SMILES string of the molecule is O=C(O)O.c1ccc2c(N=C3CCCCC3)c3c(nc2c1)CCCC3. The highest BCUT2D eigenvalue weighted by atomic mass is 16.6. The summed E-state index contributed by atoms with van der Waals surface area (Å²) in [5.74, 6) is 0. The molecule has 0 aliphatic heterocycles. The summed E-state index contributed by atoms with van der Waals surface area (Å²) in [5.41, 5.74) is 6.50. The fourth-order valence-electron chi connectivity index (χ4n) is 3.70. The summed E-state index contributed by atoms with van der Waals surface area (Å²) in [6, 6.07) is 8.53. The lowest BCUT2D eigenvalue weighted by Gasteiger charge is -2.20. The van der Waals surface area contributed by atoms with Gasteiger partial charge in [-0.05, 0) is 63.0 Å². The van der Waals surface area contributed by atoms with Crippen molar-refractivity contribution in [3.63, 3.8) is 0 Å². The quantitative estimate of drug-likeness (QED) is 0.731. The average molecular weight is 340 g/mol. The number of carbonyl (C=O) groups is 1. The molecule has 25 heavy (non-hydrogen) atoms. The Bertz CT molecular complexity index is 787. The van der Waals surface area contributed by atoms with Crippen molar-refractivity contribution in [2.24, 2.45) is 4.99 Å². The first-order chi connectivity index (χ1) is 12.1. The largest absolute Gasteiger partial charge is 0.503 e. The number of pyridine rings is 1. The molecule has 0 atom stereocenters. The monoisotopic (exact) mass is 340 g/mol. The van der Waals surface area contributed by atoms with Crippen LogP contribution in [0.4, 0.5) is 10.5 Å². The van der Waals surface area contributed by atoms with E-state index in [9.17, 15) is 0 Å². The molecule has 2 aliphatic carbocycles. The zero-order valence-electron chi connectivity index (χ0n) is 14.4. The van der Waals surface area contributed by atoms with Gasteiger partial charge in [-0.2, -0.15) is 0 Å². The normalized spacial score (nSPS) is 16.6. The predicted molar refractivity (Wildman–Crippen MR) is 99.2 cm³/mol. The average Bonchev–Trinajstić information content (AvgIpc) is 2.62. The summed E-state index contributed by atoms with van der Waals surface area (Å²) in [7, 11) is 0. The zero-order chi connectivity index (χ0) is 17.6. The van der Waals surface area contributed by atoms with Crippen LogP contribution in [0.3, 0.4) is 0 Å². The van der Waals surface area contributed by atoms with Gasteiger partial charge in [-0.3, -0.25) is 9.98 Å². The van der Waals surface area contributed by atoms with Gasteiger partial charge in [0.2, 0.25) is 0 Å². The smallest absolute Gasteiger partial charge is 0.450 e. The molecule has 4 rings (SSSR count). The van der Waals surface area contributed by atoms with E-state index in [1.165, 1.54) is 73.0 Å². The summed E-state index contributed by atoms with van der Waals surface area (Å²) in [6.45, 7) is 0. The van der Waals surface area contributed by atoms with Gasteiger partial charge < -0.3 is 10.2 Å². The van der Waals surface area contributed by atoms with Crippen molar-refractivity contribution in [3.05, 3.63) is 35.5 Å². The van der Waals surface area contributed by atoms with Crippen LogP contribution in [0.1, 0.15) is 56.2 Å². The Balaban J connectivity index is 0.000000415. The molecule has 0 saturated heterocycles. The standard InChI is InChI=1S/C19H22N2.CH2O3/c1-2-8-14(9-3-1)20-19-15-10-4-6-12-17(15)21-18-13-7-5-11-16(18)19;2-1(3)4/h4,6,10,12H,1-3,5,7-9,11,13H2;(H2,2,3,4). The maximum atomic E-state index is 8.56. The first-order valence-corrected chi connectivity index (χ1v) is 9.04. The maximum absolute atomic E-state index is 8.56. The van der Waals surface area contributed by atoms with Crippen LogP contribution in [-0.2, 0) is 12.8 Å². The van der Waals surface area contributed by atoms with Gasteiger partial charge in [0.1, 0.15) is 0 Å². The Morgan fingerprint density at radius 1 is 0.920 bits per heavy atom. The minimum Gasteiger partial charge on any atom is -0.450 e. The van der Waals surface area contributed by atoms with Crippen LogP contribution in [-0.4, -0.2) is 27.1 Å². The molecule has 0 bridgehead atoms. The number of aromatic nitrogens is 1. The Kier molecular flexibility index (Phi) is 5.64. The van der Waals surface area contributed by atoms with Gasteiger partial charge in [-0.15, -0.1) is 0 Å². The van der Waals surface area contributed by atoms with Crippen LogP contribution in [0, 0.1) is 0 Å². The first-order valence-electron chi connectivity index (χ1n) is 9.04. The number of benzene rings is 1. The van der Waals surface area contributed by atoms with Crippen LogP contribution in [0.15, 0.2) is 29.3 Å². The second-order valence-corrected chi connectivity index (χ2v) is 6.63. The zero-order valence-corrected chi connectivity index (χ0v) is 14.4. The van der Waals surface area contributed by atoms with Crippen molar-refractivity contribution >= 4 is 28.5 Å². The number of hydrogen-bond acceptors (Lipinski definition) is 3. The van der Waals surface area contributed by atoms with Gasteiger partial charge in [0.15, 0.2) is 0 Å². The molecule has 0 spiro atoms. The fraction of sp³-hybridized carbons (Fsp3) is 0.450. The number of para-hydroxylation sites is 1. The number of rotatable bonds is 1. The summed E-state index contributed by atoms with van der Waals surface area (Å²) in [4.78, 5) is 18.6. The van der Waals surface area contributed by atoms with Crippen molar-refractivity contribution in [2.75, 3.05) is 0 Å². The maximum Gasteiger partial charge on any atom is 0.503 e. The summed E-state index contributed by atoms with van der Waals surface area (Å²) in [6.07, 6.45) is 9.36. The van der Waals surface area contributed by atoms with Gasteiger partial charge in [-0.25, -0.2) is 4.79 Å². The van der Waals surface area contributed by atoms with Crippen molar-refractivity contribution in [1.82, 2.24) is 4.98 Å². The highest BCUT2D eigenvalue weighted by Gasteiger charge is 2.18. The van der Waals surface area contributed by atoms with Gasteiger partial charge in [0, 0.05) is 16.8 Å². The number of hydrogen-bond donors (Lipinski definition) is 2. The van der Waals surface area contributed by atoms with Gasteiger partial charge in [0.05, 0.1) is 11.2 Å². The molecule has 2 N–H and O–H groups in total. The second kappa shape index (κ2) is 8.10.